The molecule has 0 aromatic heterocycles. The molecule has 1 aromatic carbocycles. The number of likely N-dealkylation sites (tertiary alicyclic amines) is 1. The van der Waals surface area contributed by atoms with Crippen LogP contribution in [0.4, 0.5) is 10.1 Å². The molecule has 1 saturated carbocycles. The van der Waals surface area contributed by atoms with Crippen LogP contribution in [0.3, 0.4) is 0 Å². The van der Waals surface area contributed by atoms with E-state index in [1.165, 1.54) is 31.2 Å². The Bertz CT molecular complexity index is 755. The van der Waals surface area contributed by atoms with Gasteiger partial charge in [0.15, 0.2) is 6.10 Å². The van der Waals surface area contributed by atoms with Gasteiger partial charge in [0.2, 0.25) is 11.8 Å². The van der Waals surface area contributed by atoms with Gasteiger partial charge < -0.3 is 10.1 Å². The molecule has 0 bridgehead atoms. The van der Waals surface area contributed by atoms with Crippen LogP contribution in [0.2, 0.25) is 0 Å². The summed E-state index contributed by atoms with van der Waals surface area (Å²) in [6.45, 7) is 1.38. The van der Waals surface area contributed by atoms with Gasteiger partial charge in [0.05, 0.1) is 18.3 Å². The summed E-state index contributed by atoms with van der Waals surface area (Å²) in [6.07, 6.45) is 2.09. The van der Waals surface area contributed by atoms with Crippen molar-refractivity contribution in [1.82, 2.24) is 4.90 Å². The molecule has 3 atom stereocenters. The van der Waals surface area contributed by atoms with E-state index < -0.39 is 23.8 Å². The van der Waals surface area contributed by atoms with Crippen molar-refractivity contribution in [3.63, 3.8) is 0 Å². The number of rotatable bonds is 6. The number of ether oxygens (including phenoxy) is 1. The number of imide groups is 1. The van der Waals surface area contributed by atoms with Crippen molar-refractivity contribution in [2.24, 2.45) is 11.8 Å². The molecule has 1 heterocycles. The summed E-state index contributed by atoms with van der Waals surface area (Å²) in [6, 6.07) is 5.19. The van der Waals surface area contributed by atoms with E-state index in [0.717, 1.165) is 30.6 Å². The monoisotopic (exact) mass is 390 g/mol. The highest BCUT2D eigenvalue weighted by molar-refractivity contribution is 6.05. The highest BCUT2D eigenvalue weighted by Crippen LogP contribution is 2.37. The molecule has 1 aromatic rings. The molecule has 1 N–H and O–H groups in total. The summed E-state index contributed by atoms with van der Waals surface area (Å²) in [5, 5.41) is 2.52. The van der Waals surface area contributed by atoms with Gasteiger partial charge in [-0.15, -0.1) is 0 Å². The Balaban J connectivity index is 1.47. The van der Waals surface area contributed by atoms with Gasteiger partial charge >= 0.3 is 5.97 Å². The molecule has 1 aliphatic heterocycles. The van der Waals surface area contributed by atoms with E-state index in [9.17, 15) is 23.6 Å². The summed E-state index contributed by atoms with van der Waals surface area (Å²) >= 11 is 0. The van der Waals surface area contributed by atoms with E-state index >= 15 is 0 Å². The molecule has 1 saturated heterocycles. The van der Waals surface area contributed by atoms with Crippen LogP contribution in [-0.4, -0.2) is 41.2 Å². The minimum absolute atomic E-state index is 0.0319. The van der Waals surface area contributed by atoms with E-state index in [2.05, 4.69) is 5.32 Å². The molecule has 2 aliphatic rings. The lowest BCUT2D eigenvalue weighted by Crippen LogP contribution is -2.35. The number of nitrogens with zero attached hydrogens (tertiary/aromatic N) is 1. The molecule has 0 unspecified atom stereocenters. The van der Waals surface area contributed by atoms with Crippen molar-refractivity contribution < 1.29 is 28.3 Å². The van der Waals surface area contributed by atoms with Crippen molar-refractivity contribution >= 4 is 29.4 Å². The Morgan fingerprint density at radius 1 is 1.14 bits per heavy atom. The lowest BCUT2D eigenvalue weighted by atomic mass is 9.81. The Morgan fingerprint density at radius 3 is 2.29 bits per heavy atom. The average molecular weight is 390 g/mol. The molecular weight excluding hydrogens is 367 g/mol. The molecule has 3 rings (SSSR count). The Morgan fingerprint density at radius 2 is 1.71 bits per heavy atom. The number of benzene rings is 1. The first kappa shape index (κ1) is 20.0. The maximum atomic E-state index is 12.9. The average Bonchev–Trinajstić information content (AvgIpc) is 2.92. The second kappa shape index (κ2) is 8.50. The molecule has 2 fully saturated rings. The highest BCUT2D eigenvalue weighted by Gasteiger charge is 2.47. The van der Waals surface area contributed by atoms with Crippen LogP contribution in [0.5, 0.6) is 0 Å². The first-order valence-corrected chi connectivity index (χ1v) is 9.48. The van der Waals surface area contributed by atoms with E-state index in [0.29, 0.717) is 5.69 Å². The number of hydrogen-bond donors (Lipinski definition) is 1. The van der Waals surface area contributed by atoms with Crippen molar-refractivity contribution in [3.8, 4) is 0 Å². The number of hydrogen-bond acceptors (Lipinski definition) is 5. The number of nitrogens with one attached hydrogen (secondary N) is 1. The van der Waals surface area contributed by atoms with Crippen molar-refractivity contribution in [2.45, 2.75) is 45.1 Å². The second-order valence-electron chi connectivity index (χ2n) is 7.20. The normalized spacial score (nSPS) is 22.6. The lowest BCUT2D eigenvalue weighted by Gasteiger charge is -2.19. The topological polar surface area (TPSA) is 92.8 Å². The van der Waals surface area contributed by atoms with Gasteiger partial charge in [-0.1, -0.05) is 12.8 Å². The van der Waals surface area contributed by atoms with Crippen LogP contribution in [0.1, 0.15) is 39.0 Å². The lowest BCUT2D eigenvalue weighted by molar-refractivity contribution is -0.154. The van der Waals surface area contributed by atoms with Gasteiger partial charge in [0, 0.05) is 12.2 Å². The van der Waals surface area contributed by atoms with E-state index in [-0.39, 0.29) is 36.6 Å². The maximum Gasteiger partial charge on any atom is 0.308 e. The summed E-state index contributed by atoms with van der Waals surface area (Å²) in [5.74, 6) is -2.57. The first-order chi connectivity index (χ1) is 13.4. The first-order valence-electron chi connectivity index (χ1n) is 9.48. The Labute approximate surface area is 162 Å². The number of amides is 3. The number of carbonyl (C=O) groups is 4. The Hall–Kier alpha value is -2.77. The minimum Gasteiger partial charge on any atom is -0.452 e. The summed E-state index contributed by atoms with van der Waals surface area (Å²) in [7, 11) is 0. The van der Waals surface area contributed by atoms with E-state index in [4.69, 9.17) is 4.74 Å². The predicted molar refractivity (Wildman–Crippen MR) is 97.4 cm³/mol. The number of halogens is 1. The number of esters is 1. The van der Waals surface area contributed by atoms with Crippen LogP contribution in [-0.2, 0) is 23.9 Å². The third kappa shape index (κ3) is 4.37. The number of fused-ring (bicyclic) bond motifs is 1. The van der Waals surface area contributed by atoms with E-state index in [1.54, 1.807) is 0 Å². The largest absolute Gasteiger partial charge is 0.452 e. The predicted octanol–water partition coefficient (Wildman–Crippen LogP) is 2.26. The Kier molecular flexibility index (Phi) is 6.06. The molecule has 0 radical (unpaired) electrons. The third-order valence-corrected chi connectivity index (χ3v) is 5.26. The number of anilines is 1. The second-order valence-corrected chi connectivity index (χ2v) is 7.20. The molecule has 8 heteroatoms. The summed E-state index contributed by atoms with van der Waals surface area (Å²) in [4.78, 5) is 50.0. The zero-order chi connectivity index (χ0) is 20.3. The zero-order valence-electron chi connectivity index (χ0n) is 15.7. The zero-order valence-corrected chi connectivity index (χ0v) is 15.7. The highest BCUT2D eigenvalue weighted by atomic mass is 19.1. The molecule has 0 spiro atoms. The van der Waals surface area contributed by atoms with Crippen LogP contribution < -0.4 is 5.32 Å². The van der Waals surface area contributed by atoms with Gasteiger partial charge in [-0.25, -0.2) is 4.39 Å². The van der Waals surface area contributed by atoms with Gasteiger partial charge in [0.25, 0.3) is 5.91 Å². The molecule has 28 heavy (non-hydrogen) atoms. The van der Waals surface area contributed by atoms with Gasteiger partial charge in [-0.3, -0.25) is 24.1 Å². The molecule has 1 aliphatic carbocycles. The fraction of sp³-hybridized carbons (Fsp3) is 0.500. The van der Waals surface area contributed by atoms with Crippen molar-refractivity contribution in [2.75, 3.05) is 11.9 Å². The SMILES string of the molecule is C[C@@H](OC(=O)CCN1C(=O)[C@H]2CCCC[C@H]2C1=O)C(=O)Nc1ccc(F)cc1. The summed E-state index contributed by atoms with van der Waals surface area (Å²) in [5.41, 5.74) is 0.380. The summed E-state index contributed by atoms with van der Waals surface area (Å²) < 4.78 is 18.0. The van der Waals surface area contributed by atoms with Crippen LogP contribution in [0.25, 0.3) is 0 Å². The van der Waals surface area contributed by atoms with Crippen LogP contribution >= 0.6 is 0 Å². The van der Waals surface area contributed by atoms with Crippen molar-refractivity contribution in [3.05, 3.63) is 30.1 Å². The quantitative estimate of drug-likeness (QED) is 0.594. The molecule has 7 nitrogen and oxygen atoms in total. The van der Waals surface area contributed by atoms with Gasteiger partial charge in [0.1, 0.15) is 5.82 Å². The molecule has 3 amide bonds. The van der Waals surface area contributed by atoms with Crippen LogP contribution in [0.15, 0.2) is 24.3 Å². The maximum absolute atomic E-state index is 12.9. The van der Waals surface area contributed by atoms with E-state index in [1.807, 2.05) is 0 Å². The standard InChI is InChI=1S/C20H23FN2O5/c1-12(18(25)22-14-8-6-13(21)7-9-14)28-17(24)10-11-23-19(26)15-4-2-3-5-16(15)20(23)27/h6-9,12,15-16H,2-5,10-11H2,1H3,(H,22,25)/t12-,15-,16+/m1/s1. The molecular formula is C20H23FN2O5. The third-order valence-electron chi connectivity index (χ3n) is 5.26. The number of carbonyl (C=O) groups excluding carboxylic acids is 4. The fourth-order valence-electron chi connectivity index (χ4n) is 3.74. The minimum atomic E-state index is -1.06. The van der Waals surface area contributed by atoms with Crippen molar-refractivity contribution in [1.29, 1.82) is 0 Å². The smallest absolute Gasteiger partial charge is 0.308 e. The van der Waals surface area contributed by atoms with Crippen LogP contribution in [0, 0.1) is 17.7 Å². The molecule has 150 valence electrons. The van der Waals surface area contributed by atoms with Gasteiger partial charge in [-0.2, -0.15) is 0 Å². The van der Waals surface area contributed by atoms with Gasteiger partial charge in [-0.05, 0) is 44.0 Å². The fourth-order valence-corrected chi connectivity index (χ4v) is 3.74.